The lowest BCUT2D eigenvalue weighted by atomic mass is 9.40. The lowest BCUT2D eigenvalue weighted by molar-refractivity contribution is -0.264. The maximum absolute atomic E-state index is 17.4. The van der Waals surface area contributed by atoms with Crippen LogP contribution in [0.25, 0.3) is 0 Å². The van der Waals surface area contributed by atoms with Crippen LogP contribution in [0.3, 0.4) is 0 Å². The number of unbranched alkanes of at least 4 members (excludes halogenated alkanes) is 1. The van der Waals surface area contributed by atoms with Crippen molar-refractivity contribution in [1.82, 2.24) is 0 Å². The predicted octanol–water partition coefficient (Wildman–Crippen LogP) is 5.19. The summed E-state index contributed by atoms with van der Waals surface area (Å²) in [5.74, 6) is -1.54. The van der Waals surface area contributed by atoms with E-state index in [1.54, 1.807) is 0 Å². The molecule has 0 unspecified atom stereocenters. The lowest BCUT2D eigenvalue weighted by Gasteiger charge is -2.66. The number of hydrogen-bond acceptors (Lipinski definition) is 5. The summed E-state index contributed by atoms with van der Waals surface area (Å²) in [6.45, 7) is 7.90. The van der Waals surface area contributed by atoms with Crippen molar-refractivity contribution in [3.05, 3.63) is 0 Å². The zero-order valence-electron chi connectivity index (χ0n) is 21.0. The topological polar surface area (TPSA) is 80.7 Å². The van der Waals surface area contributed by atoms with Gasteiger partial charge >= 0.3 is 5.97 Å². The molecule has 0 aromatic carbocycles. The van der Waals surface area contributed by atoms with Gasteiger partial charge in [-0.3, -0.25) is 14.4 Å². The molecule has 0 radical (unpaired) electrons. The van der Waals surface area contributed by atoms with Gasteiger partial charge in [-0.2, -0.15) is 0 Å². The Kier molecular flexibility index (Phi) is 6.77. The van der Waals surface area contributed by atoms with Gasteiger partial charge in [0, 0.05) is 30.1 Å². The van der Waals surface area contributed by atoms with Gasteiger partial charge in [0.2, 0.25) is 0 Å². The summed E-state index contributed by atoms with van der Waals surface area (Å²) < 4.78 is 23.4. The van der Waals surface area contributed by atoms with Gasteiger partial charge in [0.1, 0.15) is 11.5 Å². The van der Waals surface area contributed by atoms with E-state index in [1.165, 1.54) is 0 Å². The van der Waals surface area contributed by atoms with E-state index in [-0.39, 0.29) is 48.0 Å². The Morgan fingerprint density at radius 3 is 2.53 bits per heavy atom. The second-order valence-corrected chi connectivity index (χ2v) is 12.4. The average molecular weight is 499 g/mol. The SMILES string of the molecule is CCCCC(=O)O[C@@]1(C(=O)CCl)CC[C@H]2[C@@H]3C[C@H](C)[C@@H]4CC(=O)CC[C@]4(C)[C@@]3(F)[C@@H](O)C[C@@]21C. The quantitative estimate of drug-likeness (QED) is 0.402. The van der Waals surface area contributed by atoms with Crippen LogP contribution in [0.5, 0.6) is 0 Å². The number of hydrogen-bond donors (Lipinski definition) is 1. The molecule has 0 bridgehead atoms. The summed E-state index contributed by atoms with van der Waals surface area (Å²) in [7, 11) is 0. The molecule has 4 rings (SSSR count). The van der Waals surface area contributed by atoms with Gasteiger partial charge in [-0.15, -0.1) is 11.6 Å². The lowest BCUT2D eigenvalue weighted by Crippen LogP contribution is -2.72. The Morgan fingerprint density at radius 1 is 1.18 bits per heavy atom. The molecule has 4 saturated carbocycles. The molecule has 5 nitrogen and oxygen atoms in total. The predicted molar refractivity (Wildman–Crippen MR) is 127 cm³/mol. The number of Topliss-reactive ketones (excluding diaryl/α,β-unsaturated/α-hetero) is 2. The third-order valence-corrected chi connectivity index (χ3v) is 10.9. The molecule has 7 heteroatoms. The molecule has 0 aromatic heterocycles. The molecular formula is C27H40ClFO5. The Labute approximate surface area is 207 Å². The number of ether oxygens (including phenoxy) is 1. The summed E-state index contributed by atoms with van der Waals surface area (Å²) >= 11 is 6.04. The first-order valence-electron chi connectivity index (χ1n) is 13.1. The molecule has 4 fully saturated rings. The van der Waals surface area contributed by atoms with Gasteiger partial charge in [0.25, 0.3) is 0 Å². The van der Waals surface area contributed by atoms with Crippen LogP contribution in [0, 0.1) is 34.5 Å². The molecule has 1 N–H and O–H groups in total. The van der Waals surface area contributed by atoms with Crippen LogP contribution < -0.4 is 0 Å². The Hall–Kier alpha value is -1.01. The first kappa shape index (κ1) is 26.1. The van der Waals surface area contributed by atoms with Gasteiger partial charge < -0.3 is 9.84 Å². The molecule has 0 aromatic rings. The van der Waals surface area contributed by atoms with Gasteiger partial charge in [0.05, 0.1) is 12.0 Å². The number of aliphatic hydroxyl groups is 1. The number of aliphatic hydroxyl groups excluding tert-OH is 1. The van der Waals surface area contributed by atoms with E-state index in [9.17, 15) is 19.5 Å². The first-order chi connectivity index (χ1) is 15.9. The van der Waals surface area contributed by atoms with Crippen LogP contribution in [-0.4, -0.2) is 45.9 Å². The van der Waals surface area contributed by atoms with E-state index in [0.717, 1.165) is 6.42 Å². The van der Waals surface area contributed by atoms with Gasteiger partial charge in [-0.1, -0.05) is 34.1 Å². The third-order valence-electron chi connectivity index (χ3n) is 10.6. The Morgan fingerprint density at radius 2 is 1.88 bits per heavy atom. The number of rotatable bonds is 6. The monoisotopic (exact) mass is 498 g/mol. The maximum atomic E-state index is 17.4. The summed E-state index contributed by atoms with van der Waals surface area (Å²) in [6, 6.07) is 0. The number of carbonyl (C=O) groups is 3. The van der Waals surface area contributed by atoms with Crippen LogP contribution in [-0.2, 0) is 19.1 Å². The molecule has 0 saturated heterocycles. The largest absolute Gasteiger partial charge is 0.450 e. The number of halogens is 2. The number of alkyl halides is 2. The second kappa shape index (κ2) is 8.83. The normalized spacial score (nSPS) is 48.0. The fraction of sp³-hybridized carbons (Fsp3) is 0.889. The van der Waals surface area contributed by atoms with Crippen molar-refractivity contribution in [1.29, 1.82) is 0 Å². The van der Waals surface area contributed by atoms with E-state index >= 15 is 4.39 Å². The molecule has 4 aliphatic carbocycles. The van der Waals surface area contributed by atoms with Crippen LogP contribution in [0.2, 0.25) is 0 Å². The molecule has 192 valence electrons. The van der Waals surface area contributed by atoms with Crippen molar-refractivity contribution < 1.29 is 28.6 Å². The Balaban J connectivity index is 1.75. The van der Waals surface area contributed by atoms with Crippen molar-refractivity contribution >= 4 is 29.1 Å². The Bertz CT molecular complexity index is 864. The van der Waals surface area contributed by atoms with Crippen molar-refractivity contribution in [3.8, 4) is 0 Å². The van der Waals surface area contributed by atoms with E-state index in [4.69, 9.17) is 16.3 Å². The zero-order valence-corrected chi connectivity index (χ0v) is 21.8. The van der Waals surface area contributed by atoms with Gasteiger partial charge in [0.15, 0.2) is 11.4 Å². The first-order valence-corrected chi connectivity index (χ1v) is 13.6. The molecule has 0 aliphatic heterocycles. The van der Waals surface area contributed by atoms with Crippen LogP contribution in [0.15, 0.2) is 0 Å². The number of ketones is 2. The standard InChI is InChI=1S/C27H40ClFO5/c1-5-6-7-23(33)34-26(22(32)15-28)11-9-18-20-12-16(2)19-13-17(30)8-10-24(19,3)27(20,29)21(31)14-25(18,26)4/h16,18-21,31H,5-15H2,1-4H3/t16-,18-,19-,20-,21-,24-,25-,26+,27-/m0/s1. The minimum absolute atomic E-state index is 0.0407. The fourth-order valence-corrected chi connectivity index (χ4v) is 9.05. The number of esters is 1. The summed E-state index contributed by atoms with van der Waals surface area (Å²) in [5, 5.41) is 11.5. The highest BCUT2D eigenvalue weighted by Gasteiger charge is 2.76. The third kappa shape index (κ3) is 3.37. The molecule has 9 atom stereocenters. The smallest absolute Gasteiger partial charge is 0.306 e. The van der Waals surface area contributed by atoms with E-state index in [2.05, 4.69) is 6.92 Å². The second-order valence-electron chi connectivity index (χ2n) is 12.1. The highest BCUT2D eigenvalue weighted by molar-refractivity contribution is 6.29. The molecule has 34 heavy (non-hydrogen) atoms. The molecule has 4 aliphatic rings. The van der Waals surface area contributed by atoms with Gasteiger partial charge in [-0.25, -0.2) is 4.39 Å². The van der Waals surface area contributed by atoms with Crippen LogP contribution >= 0.6 is 11.6 Å². The highest BCUT2D eigenvalue weighted by atomic mass is 35.5. The molecule has 0 spiro atoms. The van der Waals surface area contributed by atoms with Crippen molar-refractivity contribution in [2.24, 2.45) is 34.5 Å². The van der Waals surface area contributed by atoms with E-state index in [1.807, 2.05) is 20.8 Å². The van der Waals surface area contributed by atoms with Crippen molar-refractivity contribution in [2.75, 3.05) is 5.88 Å². The average Bonchev–Trinajstić information content (AvgIpc) is 3.07. The molecule has 0 amide bonds. The molecular weight excluding hydrogens is 459 g/mol. The van der Waals surface area contributed by atoms with Crippen LogP contribution in [0.1, 0.15) is 91.9 Å². The number of carbonyl (C=O) groups excluding carboxylic acids is 3. The summed E-state index contributed by atoms with van der Waals surface area (Å²) in [6.07, 6.45) is 3.02. The maximum Gasteiger partial charge on any atom is 0.306 e. The number of fused-ring (bicyclic) bond motifs is 5. The van der Waals surface area contributed by atoms with Gasteiger partial charge in [-0.05, 0) is 62.2 Å². The minimum atomic E-state index is -1.85. The summed E-state index contributed by atoms with van der Waals surface area (Å²) in [5.41, 5.74) is -4.98. The fourth-order valence-electron chi connectivity index (χ4n) is 8.84. The van der Waals surface area contributed by atoms with Crippen molar-refractivity contribution in [2.45, 2.75) is 109 Å². The van der Waals surface area contributed by atoms with Crippen molar-refractivity contribution in [3.63, 3.8) is 0 Å². The minimum Gasteiger partial charge on any atom is -0.450 e. The summed E-state index contributed by atoms with van der Waals surface area (Å²) in [4.78, 5) is 38.4. The zero-order chi connectivity index (χ0) is 25.1. The van der Waals surface area contributed by atoms with E-state index < -0.39 is 40.1 Å². The van der Waals surface area contributed by atoms with Crippen LogP contribution in [0.4, 0.5) is 4.39 Å². The van der Waals surface area contributed by atoms with E-state index in [0.29, 0.717) is 44.9 Å². The highest BCUT2D eigenvalue weighted by Crippen LogP contribution is 2.72. The molecule has 0 heterocycles.